The van der Waals surface area contributed by atoms with Gasteiger partial charge >= 0.3 is 0 Å². The number of aryl methyl sites for hydroxylation is 1. The summed E-state index contributed by atoms with van der Waals surface area (Å²) < 4.78 is 28.3. The molecule has 0 bridgehead atoms. The number of halogens is 2. The van der Waals surface area contributed by atoms with Crippen LogP contribution in [0.2, 0.25) is 0 Å². The van der Waals surface area contributed by atoms with Crippen LogP contribution < -0.4 is 5.73 Å². The molecule has 0 saturated heterocycles. The summed E-state index contributed by atoms with van der Waals surface area (Å²) in [5, 5.41) is 0. The second kappa shape index (κ2) is 4.96. The second-order valence-electron chi connectivity index (χ2n) is 5.53. The van der Waals surface area contributed by atoms with Gasteiger partial charge in [0, 0.05) is 17.5 Å². The molecule has 0 spiro atoms. The lowest BCUT2D eigenvalue weighted by Crippen LogP contribution is -2.39. The van der Waals surface area contributed by atoms with Crippen LogP contribution >= 0.6 is 0 Å². The minimum Gasteiger partial charge on any atom is -0.330 e. The van der Waals surface area contributed by atoms with Gasteiger partial charge in [-0.25, -0.2) is 8.78 Å². The van der Waals surface area contributed by atoms with E-state index in [0.717, 1.165) is 32.1 Å². The molecule has 1 nitrogen and oxygen atoms in total. The number of hydrogen-bond donors (Lipinski definition) is 1. The SMILES string of the molecule is Cc1cc(F)c(C)c(C2(CN)CCCCC2)c1F. The van der Waals surface area contributed by atoms with Crippen molar-refractivity contribution in [2.45, 2.75) is 51.4 Å². The fourth-order valence-corrected chi connectivity index (χ4v) is 3.26. The molecular formula is C15H21F2N. The zero-order valence-corrected chi connectivity index (χ0v) is 11.2. The Hall–Kier alpha value is -0.960. The zero-order valence-electron chi connectivity index (χ0n) is 11.2. The Morgan fingerprint density at radius 1 is 1.17 bits per heavy atom. The maximum atomic E-state index is 14.4. The summed E-state index contributed by atoms with van der Waals surface area (Å²) >= 11 is 0. The highest BCUT2D eigenvalue weighted by Gasteiger charge is 2.37. The zero-order chi connectivity index (χ0) is 13.3. The Kier molecular flexibility index (Phi) is 3.71. The molecule has 1 aliphatic carbocycles. The topological polar surface area (TPSA) is 26.0 Å². The Balaban J connectivity index is 2.61. The lowest BCUT2D eigenvalue weighted by atomic mass is 9.67. The third kappa shape index (κ3) is 2.05. The van der Waals surface area contributed by atoms with Crippen molar-refractivity contribution in [2.75, 3.05) is 6.54 Å². The molecule has 0 unspecified atom stereocenters. The first-order valence-corrected chi connectivity index (χ1v) is 6.67. The standard InChI is InChI=1S/C15H21F2N/c1-10-8-12(16)11(2)13(14(10)17)15(9-18)6-4-3-5-7-15/h8H,3-7,9,18H2,1-2H3. The molecule has 18 heavy (non-hydrogen) atoms. The molecule has 1 aliphatic rings. The van der Waals surface area contributed by atoms with Gasteiger partial charge in [-0.15, -0.1) is 0 Å². The average molecular weight is 253 g/mol. The Morgan fingerprint density at radius 3 is 2.33 bits per heavy atom. The summed E-state index contributed by atoms with van der Waals surface area (Å²) in [5.74, 6) is -0.580. The molecule has 1 aromatic carbocycles. The van der Waals surface area contributed by atoms with Crippen LogP contribution in [0.15, 0.2) is 6.07 Å². The van der Waals surface area contributed by atoms with E-state index in [1.54, 1.807) is 13.8 Å². The highest BCUT2D eigenvalue weighted by molar-refractivity contribution is 5.40. The summed E-state index contributed by atoms with van der Waals surface area (Å²) in [6, 6.07) is 1.28. The van der Waals surface area contributed by atoms with E-state index in [4.69, 9.17) is 5.73 Å². The molecule has 0 heterocycles. The summed E-state index contributed by atoms with van der Waals surface area (Å²) in [7, 11) is 0. The van der Waals surface area contributed by atoms with E-state index in [9.17, 15) is 8.78 Å². The van der Waals surface area contributed by atoms with Crippen molar-refractivity contribution in [1.29, 1.82) is 0 Å². The van der Waals surface area contributed by atoms with Gasteiger partial charge in [0.25, 0.3) is 0 Å². The second-order valence-corrected chi connectivity index (χ2v) is 5.53. The first-order valence-electron chi connectivity index (χ1n) is 6.67. The minimum absolute atomic E-state index is 0.263. The lowest BCUT2D eigenvalue weighted by molar-refractivity contribution is 0.288. The van der Waals surface area contributed by atoms with Crippen LogP contribution in [-0.2, 0) is 5.41 Å². The van der Waals surface area contributed by atoms with Crippen molar-refractivity contribution in [3.63, 3.8) is 0 Å². The van der Waals surface area contributed by atoms with Crippen LogP contribution in [0.25, 0.3) is 0 Å². The van der Waals surface area contributed by atoms with E-state index in [1.165, 1.54) is 6.07 Å². The Bertz CT molecular complexity index is 422. The molecule has 0 amide bonds. The fraction of sp³-hybridized carbons (Fsp3) is 0.600. The summed E-state index contributed by atoms with van der Waals surface area (Å²) in [5.41, 5.74) is 6.90. The molecule has 0 atom stereocenters. The third-order valence-corrected chi connectivity index (χ3v) is 4.37. The van der Waals surface area contributed by atoms with E-state index in [2.05, 4.69) is 0 Å². The maximum Gasteiger partial charge on any atom is 0.130 e. The molecule has 0 aliphatic heterocycles. The van der Waals surface area contributed by atoms with Crippen LogP contribution in [-0.4, -0.2) is 6.54 Å². The quantitative estimate of drug-likeness (QED) is 0.853. The van der Waals surface area contributed by atoms with Crippen molar-refractivity contribution in [2.24, 2.45) is 5.73 Å². The van der Waals surface area contributed by atoms with E-state index in [-0.39, 0.29) is 17.0 Å². The van der Waals surface area contributed by atoms with Gasteiger partial charge in [0.05, 0.1) is 0 Å². The first-order chi connectivity index (χ1) is 8.52. The molecule has 3 heteroatoms. The van der Waals surface area contributed by atoms with Crippen molar-refractivity contribution in [3.8, 4) is 0 Å². The van der Waals surface area contributed by atoms with Gasteiger partial charge < -0.3 is 5.73 Å². The normalized spacial score (nSPS) is 18.9. The Morgan fingerprint density at radius 2 is 1.78 bits per heavy atom. The van der Waals surface area contributed by atoms with E-state index in [0.29, 0.717) is 23.2 Å². The van der Waals surface area contributed by atoms with Crippen LogP contribution in [0.1, 0.15) is 48.8 Å². The van der Waals surface area contributed by atoms with Crippen LogP contribution in [0, 0.1) is 25.5 Å². The van der Waals surface area contributed by atoms with Crippen LogP contribution in [0.3, 0.4) is 0 Å². The smallest absolute Gasteiger partial charge is 0.130 e. The molecule has 0 radical (unpaired) electrons. The Labute approximate surface area is 107 Å². The summed E-state index contributed by atoms with van der Waals surface area (Å²) in [4.78, 5) is 0. The summed E-state index contributed by atoms with van der Waals surface area (Å²) in [6.07, 6.45) is 4.99. The molecule has 2 N–H and O–H groups in total. The first kappa shape index (κ1) is 13.5. The van der Waals surface area contributed by atoms with E-state index < -0.39 is 0 Å². The van der Waals surface area contributed by atoms with Gasteiger partial charge in [-0.3, -0.25) is 0 Å². The van der Waals surface area contributed by atoms with Gasteiger partial charge in [0.1, 0.15) is 11.6 Å². The number of benzene rings is 1. The molecule has 100 valence electrons. The highest BCUT2D eigenvalue weighted by Crippen LogP contribution is 2.42. The van der Waals surface area contributed by atoms with Gasteiger partial charge in [0.15, 0.2) is 0 Å². The lowest BCUT2D eigenvalue weighted by Gasteiger charge is -2.38. The molecule has 1 saturated carbocycles. The summed E-state index contributed by atoms with van der Waals surface area (Å²) in [6.45, 7) is 3.68. The number of nitrogens with two attached hydrogens (primary N) is 1. The van der Waals surface area contributed by atoms with Crippen LogP contribution in [0.4, 0.5) is 8.78 Å². The highest BCUT2D eigenvalue weighted by atomic mass is 19.1. The molecular weight excluding hydrogens is 232 g/mol. The largest absolute Gasteiger partial charge is 0.330 e. The monoisotopic (exact) mass is 253 g/mol. The van der Waals surface area contributed by atoms with Gasteiger partial charge in [-0.05, 0) is 43.9 Å². The molecule has 2 rings (SSSR count). The number of hydrogen-bond acceptors (Lipinski definition) is 1. The van der Waals surface area contributed by atoms with Crippen LogP contribution in [0.5, 0.6) is 0 Å². The molecule has 0 aromatic heterocycles. The van der Waals surface area contributed by atoms with E-state index >= 15 is 0 Å². The van der Waals surface area contributed by atoms with Crippen molar-refractivity contribution < 1.29 is 8.78 Å². The predicted octanol–water partition coefficient (Wildman–Crippen LogP) is 3.74. The van der Waals surface area contributed by atoms with Crippen molar-refractivity contribution in [1.82, 2.24) is 0 Å². The molecule has 1 fully saturated rings. The molecule has 1 aromatic rings. The van der Waals surface area contributed by atoms with Gasteiger partial charge in [-0.2, -0.15) is 0 Å². The van der Waals surface area contributed by atoms with Gasteiger partial charge in [0.2, 0.25) is 0 Å². The van der Waals surface area contributed by atoms with Crippen molar-refractivity contribution >= 4 is 0 Å². The maximum absolute atomic E-state index is 14.4. The van der Waals surface area contributed by atoms with Gasteiger partial charge in [-0.1, -0.05) is 19.3 Å². The third-order valence-electron chi connectivity index (χ3n) is 4.37. The average Bonchev–Trinajstić information content (AvgIpc) is 2.38. The van der Waals surface area contributed by atoms with E-state index in [1.807, 2.05) is 0 Å². The minimum atomic E-state index is -0.362. The van der Waals surface area contributed by atoms with Crippen molar-refractivity contribution in [3.05, 3.63) is 34.4 Å². The predicted molar refractivity (Wildman–Crippen MR) is 69.6 cm³/mol. The number of rotatable bonds is 2. The fourth-order valence-electron chi connectivity index (χ4n) is 3.26.